The topological polar surface area (TPSA) is 26.0 Å². The highest BCUT2D eigenvalue weighted by Crippen LogP contribution is 2.56. The van der Waals surface area contributed by atoms with Gasteiger partial charge in [0.15, 0.2) is 0 Å². The number of nitrogen functional groups attached to an aromatic ring is 1. The molecule has 6 rings (SSSR count). The summed E-state index contributed by atoms with van der Waals surface area (Å²) in [4.78, 5) is 0. The van der Waals surface area contributed by atoms with Crippen molar-refractivity contribution in [3.8, 4) is 22.3 Å². The van der Waals surface area contributed by atoms with Gasteiger partial charge in [0.2, 0.25) is 0 Å². The Morgan fingerprint density at radius 3 is 2.21 bits per heavy atom. The van der Waals surface area contributed by atoms with Crippen LogP contribution < -0.4 is 5.73 Å². The van der Waals surface area contributed by atoms with Crippen LogP contribution in [0.4, 0.5) is 5.69 Å². The minimum Gasteiger partial charge on any atom is -0.398 e. The zero-order valence-electron chi connectivity index (χ0n) is 18.5. The molecule has 2 N–H and O–H groups in total. The van der Waals surface area contributed by atoms with E-state index in [1.54, 1.807) is 0 Å². The molecule has 0 saturated carbocycles. The summed E-state index contributed by atoms with van der Waals surface area (Å²) >= 11 is 0. The maximum absolute atomic E-state index is 6.46. The Balaban J connectivity index is 1.72. The van der Waals surface area contributed by atoms with Crippen LogP contribution in [0, 0.1) is 19.1 Å². The van der Waals surface area contributed by atoms with E-state index in [1.807, 2.05) is 12.1 Å². The number of fused-ring (bicyclic) bond motifs is 3. The van der Waals surface area contributed by atoms with E-state index in [9.17, 15) is 0 Å². The molecule has 0 spiro atoms. The van der Waals surface area contributed by atoms with Gasteiger partial charge in [0.05, 0.1) is 5.41 Å². The average molecular weight is 422 g/mol. The van der Waals surface area contributed by atoms with Crippen molar-refractivity contribution in [2.24, 2.45) is 0 Å². The minimum absolute atomic E-state index is 0.472. The Morgan fingerprint density at radius 2 is 1.42 bits per heavy atom. The summed E-state index contributed by atoms with van der Waals surface area (Å²) in [7, 11) is 0. The molecule has 1 aliphatic carbocycles. The number of benzene rings is 4. The molecule has 1 nitrogen and oxygen atoms in total. The highest BCUT2D eigenvalue weighted by molar-refractivity contribution is 5.89. The first-order valence-electron chi connectivity index (χ1n) is 11.2. The van der Waals surface area contributed by atoms with Crippen LogP contribution in [-0.2, 0) is 5.41 Å². The van der Waals surface area contributed by atoms with Crippen molar-refractivity contribution >= 4 is 5.69 Å². The molecule has 0 radical (unpaired) electrons. The molecule has 0 aliphatic heterocycles. The lowest BCUT2D eigenvalue weighted by atomic mass is 9.68. The van der Waals surface area contributed by atoms with Crippen molar-refractivity contribution in [2.75, 3.05) is 5.73 Å². The van der Waals surface area contributed by atoms with Crippen LogP contribution in [0.2, 0.25) is 0 Å². The van der Waals surface area contributed by atoms with Crippen molar-refractivity contribution in [1.82, 2.24) is 0 Å². The summed E-state index contributed by atoms with van der Waals surface area (Å²) in [5.74, 6) is 0. The number of anilines is 1. The fourth-order valence-corrected chi connectivity index (χ4v) is 5.41. The Morgan fingerprint density at radius 1 is 0.667 bits per heavy atom. The maximum Gasteiger partial charge on any atom is 0.0792 e. The minimum atomic E-state index is -0.472. The summed E-state index contributed by atoms with van der Waals surface area (Å²) in [5, 5.41) is 0. The van der Waals surface area contributed by atoms with Gasteiger partial charge in [-0.3, -0.25) is 0 Å². The Kier molecular flexibility index (Phi) is 4.35. The summed E-state index contributed by atoms with van der Waals surface area (Å²) in [6.07, 6.45) is 0. The van der Waals surface area contributed by atoms with Gasteiger partial charge in [-0.05, 0) is 70.1 Å². The van der Waals surface area contributed by atoms with E-state index < -0.39 is 5.41 Å². The molecule has 5 aromatic carbocycles. The van der Waals surface area contributed by atoms with Crippen LogP contribution >= 0.6 is 0 Å². The van der Waals surface area contributed by atoms with Crippen molar-refractivity contribution in [3.05, 3.63) is 149 Å². The van der Waals surface area contributed by atoms with Gasteiger partial charge in [0.1, 0.15) is 0 Å². The molecule has 1 aliphatic rings. The lowest BCUT2D eigenvalue weighted by Crippen LogP contribution is -2.28. The third-order valence-electron chi connectivity index (χ3n) is 6.82. The fourth-order valence-electron chi connectivity index (χ4n) is 5.41. The van der Waals surface area contributed by atoms with Crippen molar-refractivity contribution in [1.29, 1.82) is 0 Å². The number of hydrogen-bond donors (Lipinski definition) is 1. The van der Waals surface area contributed by atoms with Gasteiger partial charge < -0.3 is 5.73 Å². The largest absolute Gasteiger partial charge is 0.398 e. The van der Waals surface area contributed by atoms with Gasteiger partial charge in [-0.15, -0.1) is 0 Å². The third kappa shape index (κ3) is 2.81. The molecule has 5 aromatic rings. The Labute approximate surface area is 195 Å². The third-order valence-corrected chi connectivity index (χ3v) is 6.82. The molecule has 0 fully saturated rings. The molecule has 0 heterocycles. The van der Waals surface area contributed by atoms with Crippen LogP contribution in [0.3, 0.4) is 0 Å². The lowest BCUT2D eigenvalue weighted by Gasteiger charge is -2.32. The van der Waals surface area contributed by atoms with Crippen molar-refractivity contribution in [2.45, 2.75) is 12.3 Å². The lowest BCUT2D eigenvalue weighted by molar-refractivity contribution is 0.769. The molecule has 0 aromatic heterocycles. The first-order chi connectivity index (χ1) is 16.2. The molecule has 0 bridgehead atoms. The predicted molar refractivity (Wildman–Crippen MR) is 136 cm³/mol. The average Bonchev–Trinajstić information content (AvgIpc) is 3.16. The quantitative estimate of drug-likeness (QED) is 0.300. The molecule has 1 unspecified atom stereocenters. The first-order valence-corrected chi connectivity index (χ1v) is 11.2. The molecule has 0 saturated heterocycles. The van der Waals surface area contributed by atoms with Gasteiger partial charge >= 0.3 is 0 Å². The summed E-state index contributed by atoms with van der Waals surface area (Å²) in [5.41, 5.74) is 17.5. The van der Waals surface area contributed by atoms with E-state index in [1.165, 1.54) is 27.8 Å². The molecular formula is C32H23N. The summed E-state index contributed by atoms with van der Waals surface area (Å²) in [6, 6.07) is 45.3. The van der Waals surface area contributed by atoms with Gasteiger partial charge in [-0.25, -0.2) is 0 Å². The number of aryl methyl sites for hydroxylation is 1. The number of nitrogens with two attached hydrogens (primary N) is 1. The fraction of sp³-hybridized carbons (Fsp3) is 0.0625. The van der Waals surface area contributed by atoms with E-state index in [4.69, 9.17) is 5.73 Å². The van der Waals surface area contributed by atoms with Gasteiger partial charge in [-0.2, -0.15) is 0 Å². The number of hydrogen-bond acceptors (Lipinski definition) is 1. The molecule has 1 heteroatoms. The Hall–Kier alpha value is -4.28. The van der Waals surface area contributed by atoms with Gasteiger partial charge in [-0.1, -0.05) is 97.1 Å². The molecule has 33 heavy (non-hydrogen) atoms. The zero-order valence-corrected chi connectivity index (χ0v) is 18.5. The standard InChI is InChI=1S/C32H23N/c1-22-16-18-26(31(33)20-22)23-17-19-28-27-14-8-9-15-29(27)32(30(28)21-23,24-10-4-2-5-11-24)25-12-6-3-7-13-25/h2-6,8-12,14-21H,33H2,1H3. The summed E-state index contributed by atoms with van der Waals surface area (Å²) < 4.78 is 0. The highest BCUT2D eigenvalue weighted by Gasteiger charge is 2.46. The van der Waals surface area contributed by atoms with Crippen LogP contribution in [-0.4, -0.2) is 0 Å². The van der Waals surface area contributed by atoms with Gasteiger partial charge in [0, 0.05) is 16.8 Å². The van der Waals surface area contributed by atoms with Crippen LogP contribution in [0.15, 0.2) is 109 Å². The monoisotopic (exact) mass is 421 g/mol. The molecular weight excluding hydrogens is 398 g/mol. The highest BCUT2D eigenvalue weighted by atomic mass is 14.6. The maximum atomic E-state index is 6.46. The van der Waals surface area contributed by atoms with E-state index in [0.29, 0.717) is 0 Å². The van der Waals surface area contributed by atoms with Crippen LogP contribution in [0.5, 0.6) is 0 Å². The number of rotatable bonds is 3. The molecule has 156 valence electrons. The van der Waals surface area contributed by atoms with Crippen LogP contribution in [0.1, 0.15) is 27.8 Å². The second kappa shape index (κ2) is 7.40. The molecule has 0 amide bonds. The first kappa shape index (κ1) is 19.4. The SMILES string of the molecule is Cc1ccc(-c2ccc3c(c2)C(c2c#cccc2)(c2ccccc2)c2ccccc2-3)c(N)c1. The Bertz CT molecular complexity index is 1430. The normalized spacial score (nSPS) is 13.1. The second-order valence-corrected chi connectivity index (χ2v) is 8.72. The molecule has 1 atom stereocenters. The zero-order chi connectivity index (χ0) is 22.4. The van der Waals surface area contributed by atoms with E-state index >= 15 is 0 Å². The van der Waals surface area contributed by atoms with E-state index in [0.717, 1.165) is 27.9 Å². The second-order valence-electron chi connectivity index (χ2n) is 8.72. The van der Waals surface area contributed by atoms with E-state index in [2.05, 4.69) is 116 Å². The van der Waals surface area contributed by atoms with Crippen LogP contribution in [0.25, 0.3) is 22.3 Å². The van der Waals surface area contributed by atoms with Gasteiger partial charge in [0.25, 0.3) is 0 Å². The van der Waals surface area contributed by atoms with Crippen molar-refractivity contribution < 1.29 is 0 Å². The summed E-state index contributed by atoms with van der Waals surface area (Å²) in [6.45, 7) is 2.07. The van der Waals surface area contributed by atoms with Crippen molar-refractivity contribution in [3.63, 3.8) is 0 Å². The smallest absolute Gasteiger partial charge is 0.0792 e. The predicted octanol–water partition coefficient (Wildman–Crippen LogP) is 7.21. The van der Waals surface area contributed by atoms with E-state index in [-0.39, 0.29) is 0 Å².